The minimum Gasteiger partial charge on any atom is -0.377 e. The summed E-state index contributed by atoms with van der Waals surface area (Å²) < 4.78 is 1.59. The average molecular weight is 251 g/mol. The number of aromatic nitrogens is 3. The molecule has 2 aromatic rings. The van der Waals surface area contributed by atoms with Gasteiger partial charge in [-0.1, -0.05) is 0 Å². The molecule has 0 radical (unpaired) electrons. The molecule has 2 heterocycles. The maximum Gasteiger partial charge on any atom is 0.241 e. The summed E-state index contributed by atoms with van der Waals surface area (Å²) >= 11 is 1.57. The Labute approximate surface area is 103 Å². The van der Waals surface area contributed by atoms with E-state index in [1.807, 2.05) is 5.38 Å². The minimum absolute atomic E-state index is 0.0702. The van der Waals surface area contributed by atoms with Gasteiger partial charge in [0.25, 0.3) is 0 Å². The summed E-state index contributed by atoms with van der Waals surface area (Å²) in [5.41, 5.74) is 3.67. The smallest absolute Gasteiger partial charge is 0.241 e. The number of nitrogens with one attached hydrogen (secondary N) is 2. The lowest BCUT2D eigenvalue weighted by atomic mass is 10.4. The van der Waals surface area contributed by atoms with Gasteiger partial charge in [-0.25, -0.2) is 4.98 Å². The van der Waals surface area contributed by atoms with Crippen molar-refractivity contribution in [2.75, 3.05) is 12.4 Å². The van der Waals surface area contributed by atoms with Gasteiger partial charge in [-0.05, 0) is 0 Å². The number of hydrogen-bond donors (Lipinski definition) is 2. The van der Waals surface area contributed by atoms with Crippen LogP contribution >= 0.6 is 11.3 Å². The first-order valence-electron chi connectivity index (χ1n) is 5.12. The van der Waals surface area contributed by atoms with Gasteiger partial charge < -0.3 is 10.6 Å². The Morgan fingerprint density at radius 2 is 2.47 bits per heavy atom. The van der Waals surface area contributed by atoms with E-state index in [2.05, 4.69) is 20.7 Å². The molecule has 0 spiro atoms. The Morgan fingerprint density at radius 3 is 3.18 bits per heavy atom. The molecule has 90 valence electrons. The molecule has 2 rings (SSSR count). The van der Waals surface area contributed by atoms with Gasteiger partial charge in [-0.3, -0.25) is 9.48 Å². The van der Waals surface area contributed by atoms with Crippen molar-refractivity contribution in [1.82, 2.24) is 20.1 Å². The normalized spacial score (nSPS) is 10.2. The topological polar surface area (TPSA) is 71.8 Å². The second-order valence-electron chi connectivity index (χ2n) is 3.43. The van der Waals surface area contributed by atoms with Crippen LogP contribution in [-0.2, 0) is 17.9 Å². The molecule has 0 atom stereocenters. The predicted molar refractivity (Wildman–Crippen MR) is 65.7 cm³/mol. The summed E-state index contributed by atoms with van der Waals surface area (Å²) in [6, 6.07) is 0. The van der Waals surface area contributed by atoms with Gasteiger partial charge >= 0.3 is 0 Å². The first kappa shape index (κ1) is 11.6. The van der Waals surface area contributed by atoms with Crippen LogP contribution in [0.1, 0.15) is 5.69 Å². The number of hydrogen-bond acceptors (Lipinski definition) is 5. The third kappa shape index (κ3) is 3.28. The van der Waals surface area contributed by atoms with Gasteiger partial charge in [0.15, 0.2) is 0 Å². The molecule has 0 aliphatic carbocycles. The van der Waals surface area contributed by atoms with Crippen LogP contribution in [0.25, 0.3) is 0 Å². The van der Waals surface area contributed by atoms with Crippen LogP contribution in [0.4, 0.5) is 5.69 Å². The van der Waals surface area contributed by atoms with E-state index in [1.54, 1.807) is 41.0 Å². The van der Waals surface area contributed by atoms with E-state index >= 15 is 0 Å². The molecule has 6 nitrogen and oxygen atoms in total. The molecular weight excluding hydrogens is 238 g/mol. The molecule has 0 bridgehead atoms. The molecule has 0 aliphatic heterocycles. The van der Waals surface area contributed by atoms with Gasteiger partial charge in [0.2, 0.25) is 5.91 Å². The van der Waals surface area contributed by atoms with Crippen molar-refractivity contribution in [2.45, 2.75) is 13.1 Å². The van der Waals surface area contributed by atoms with E-state index < -0.39 is 0 Å². The summed E-state index contributed by atoms with van der Waals surface area (Å²) in [6.45, 7) is 0.893. The van der Waals surface area contributed by atoms with Gasteiger partial charge in [-0.2, -0.15) is 5.10 Å². The van der Waals surface area contributed by atoms with Crippen LogP contribution in [-0.4, -0.2) is 27.7 Å². The molecule has 0 aliphatic rings. The Balaban J connectivity index is 1.88. The lowest BCUT2D eigenvalue weighted by Crippen LogP contribution is -2.23. The van der Waals surface area contributed by atoms with Crippen molar-refractivity contribution in [2.24, 2.45) is 0 Å². The van der Waals surface area contributed by atoms with E-state index in [0.29, 0.717) is 6.54 Å². The van der Waals surface area contributed by atoms with Gasteiger partial charge in [0.05, 0.1) is 29.6 Å². The highest BCUT2D eigenvalue weighted by Crippen LogP contribution is 2.08. The third-order valence-corrected chi connectivity index (χ3v) is 2.81. The summed E-state index contributed by atoms with van der Waals surface area (Å²) in [6.07, 6.45) is 3.48. The molecule has 0 unspecified atom stereocenters. The molecule has 0 saturated carbocycles. The van der Waals surface area contributed by atoms with Crippen molar-refractivity contribution < 1.29 is 4.79 Å². The second-order valence-corrected chi connectivity index (χ2v) is 4.15. The Kier molecular flexibility index (Phi) is 3.71. The number of likely N-dealkylation sites (N-methyl/N-ethyl adjacent to an activating group) is 1. The molecule has 2 aromatic heterocycles. The van der Waals surface area contributed by atoms with Gasteiger partial charge in [0.1, 0.15) is 6.54 Å². The highest BCUT2D eigenvalue weighted by molar-refractivity contribution is 7.07. The maximum atomic E-state index is 11.1. The second kappa shape index (κ2) is 5.44. The summed E-state index contributed by atoms with van der Waals surface area (Å²) in [5, 5.41) is 11.8. The summed E-state index contributed by atoms with van der Waals surface area (Å²) in [7, 11) is 1.60. The zero-order valence-corrected chi connectivity index (χ0v) is 10.2. The Bertz CT molecular complexity index is 479. The number of rotatable bonds is 5. The monoisotopic (exact) mass is 251 g/mol. The number of anilines is 1. The molecule has 7 heteroatoms. The molecule has 0 fully saturated rings. The quantitative estimate of drug-likeness (QED) is 0.820. The maximum absolute atomic E-state index is 11.1. The van der Waals surface area contributed by atoms with Crippen molar-refractivity contribution >= 4 is 22.9 Å². The van der Waals surface area contributed by atoms with Gasteiger partial charge in [0, 0.05) is 18.6 Å². The van der Waals surface area contributed by atoms with E-state index in [1.165, 1.54) is 0 Å². The highest BCUT2D eigenvalue weighted by atomic mass is 32.1. The first-order valence-corrected chi connectivity index (χ1v) is 6.06. The highest BCUT2D eigenvalue weighted by Gasteiger charge is 2.02. The molecule has 0 saturated heterocycles. The molecule has 17 heavy (non-hydrogen) atoms. The van der Waals surface area contributed by atoms with E-state index in [4.69, 9.17) is 0 Å². The molecule has 2 N–H and O–H groups in total. The third-order valence-electron chi connectivity index (χ3n) is 2.17. The number of carbonyl (C=O) groups is 1. The van der Waals surface area contributed by atoms with Gasteiger partial charge in [-0.15, -0.1) is 11.3 Å². The van der Waals surface area contributed by atoms with Crippen molar-refractivity contribution in [1.29, 1.82) is 0 Å². The molecular formula is C10H13N5OS. The Morgan fingerprint density at radius 1 is 1.59 bits per heavy atom. The fraction of sp³-hybridized carbons (Fsp3) is 0.300. The fourth-order valence-corrected chi connectivity index (χ4v) is 1.84. The van der Waals surface area contributed by atoms with E-state index in [9.17, 15) is 4.79 Å². The van der Waals surface area contributed by atoms with Crippen molar-refractivity contribution in [3.8, 4) is 0 Å². The molecule has 1 amide bonds. The van der Waals surface area contributed by atoms with E-state index in [-0.39, 0.29) is 12.5 Å². The molecule has 0 aromatic carbocycles. The van der Waals surface area contributed by atoms with Crippen LogP contribution in [0, 0.1) is 0 Å². The largest absolute Gasteiger partial charge is 0.377 e. The number of nitrogens with zero attached hydrogens (tertiary/aromatic N) is 3. The zero-order chi connectivity index (χ0) is 12.1. The van der Waals surface area contributed by atoms with E-state index in [0.717, 1.165) is 11.4 Å². The predicted octanol–water partition coefficient (Wildman–Crippen LogP) is 0.698. The standard InChI is InChI=1S/C10H13N5OS/c1-11-10(16)5-15-4-8(3-14-15)12-2-9-6-17-7-13-9/h3-4,6-7,12H,2,5H2,1H3,(H,11,16). The number of thiazole rings is 1. The first-order chi connectivity index (χ1) is 8.28. The van der Waals surface area contributed by atoms with Crippen LogP contribution in [0.15, 0.2) is 23.3 Å². The zero-order valence-electron chi connectivity index (χ0n) is 9.38. The van der Waals surface area contributed by atoms with Crippen LogP contribution in [0.2, 0.25) is 0 Å². The van der Waals surface area contributed by atoms with Crippen molar-refractivity contribution in [3.05, 3.63) is 29.0 Å². The Hall–Kier alpha value is -1.89. The minimum atomic E-state index is -0.0702. The lowest BCUT2D eigenvalue weighted by Gasteiger charge is -2.00. The lowest BCUT2D eigenvalue weighted by molar-refractivity contribution is -0.121. The summed E-state index contributed by atoms with van der Waals surface area (Å²) in [5.74, 6) is -0.0702. The fourth-order valence-electron chi connectivity index (χ4n) is 1.28. The van der Waals surface area contributed by atoms with Crippen molar-refractivity contribution in [3.63, 3.8) is 0 Å². The SMILES string of the molecule is CNC(=O)Cn1cc(NCc2cscn2)cn1. The average Bonchev–Trinajstić information content (AvgIpc) is 2.97. The summed E-state index contributed by atoms with van der Waals surface area (Å²) in [4.78, 5) is 15.3. The number of amides is 1. The van der Waals surface area contributed by atoms with Crippen LogP contribution in [0.3, 0.4) is 0 Å². The number of carbonyl (C=O) groups excluding carboxylic acids is 1. The van der Waals surface area contributed by atoms with Crippen LogP contribution in [0.5, 0.6) is 0 Å². The van der Waals surface area contributed by atoms with Crippen LogP contribution < -0.4 is 10.6 Å².